The van der Waals surface area contributed by atoms with Gasteiger partial charge in [-0.15, -0.1) is 0 Å². The summed E-state index contributed by atoms with van der Waals surface area (Å²) in [7, 11) is 0. The summed E-state index contributed by atoms with van der Waals surface area (Å²) >= 11 is 3.41. The lowest BCUT2D eigenvalue weighted by Gasteiger charge is -2.06. The zero-order chi connectivity index (χ0) is 10.4. The second-order valence-corrected chi connectivity index (χ2v) is 4.38. The van der Waals surface area contributed by atoms with Crippen LogP contribution in [0.2, 0.25) is 0 Å². The highest BCUT2D eigenvalue weighted by molar-refractivity contribution is 9.09. The van der Waals surface area contributed by atoms with E-state index < -0.39 is 0 Å². The number of phenolic OH excluding ortho intramolecular Hbond substituents is 1. The van der Waals surface area contributed by atoms with Crippen molar-refractivity contribution in [3.05, 3.63) is 29.3 Å². The van der Waals surface area contributed by atoms with Crippen molar-refractivity contribution in [2.45, 2.75) is 32.6 Å². The van der Waals surface area contributed by atoms with Gasteiger partial charge in [0.25, 0.3) is 0 Å². The maximum atomic E-state index is 9.74. The molecule has 0 aliphatic rings. The average molecular weight is 257 g/mol. The van der Waals surface area contributed by atoms with Crippen LogP contribution in [-0.4, -0.2) is 10.4 Å². The third kappa shape index (κ3) is 3.33. The highest BCUT2D eigenvalue weighted by Gasteiger charge is 2.02. The lowest BCUT2D eigenvalue weighted by Crippen LogP contribution is -1.88. The van der Waals surface area contributed by atoms with Gasteiger partial charge in [-0.05, 0) is 37.3 Å². The lowest BCUT2D eigenvalue weighted by atomic mass is 10.0. The van der Waals surface area contributed by atoms with Gasteiger partial charge >= 0.3 is 0 Å². The van der Waals surface area contributed by atoms with E-state index in [1.54, 1.807) is 0 Å². The maximum absolute atomic E-state index is 9.74. The summed E-state index contributed by atoms with van der Waals surface area (Å²) < 4.78 is 0. The maximum Gasteiger partial charge on any atom is 0.121 e. The molecule has 1 aromatic carbocycles. The van der Waals surface area contributed by atoms with Crippen LogP contribution in [0.5, 0.6) is 5.75 Å². The summed E-state index contributed by atoms with van der Waals surface area (Å²) in [5, 5.41) is 10.8. The van der Waals surface area contributed by atoms with Gasteiger partial charge in [-0.25, -0.2) is 0 Å². The van der Waals surface area contributed by atoms with E-state index in [-0.39, 0.29) is 0 Å². The van der Waals surface area contributed by atoms with Gasteiger partial charge in [0, 0.05) is 5.33 Å². The first-order chi connectivity index (χ1) is 6.75. The van der Waals surface area contributed by atoms with E-state index in [0.29, 0.717) is 5.75 Å². The number of aryl methyl sites for hydroxylation is 2. The molecule has 0 spiro atoms. The first-order valence-electron chi connectivity index (χ1n) is 5.09. The van der Waals surface area contributed by atoms with E-state index in [0.717, 1.165) is 29.3 Å². The Morgan fingerprint density at radius 3 is 2.71 bits per heavy atom. The lowest BCUT2D eigenvalue weighted by molar-refractivity contribution is 0.462. The Morgan fingerprint density at radius 1 is 1.21 bits per heavy atom. The smallest absolute Gasteiger partial charge is 0.121 e. The molecule has 0 bridgehead atoms. The molecule has 0 amide bonds. The van der Waals surface area contributed by atoms with Crippen LogP contribution in [0, 0.1) is 6.92 Å². The molecular weight excluding hydrogens is 240 g/mol. The minimum Gasteiger partial charge on any atom is -0.507 e. The topological polar surface area (TPSA) is 20.2 Å². The van der Waals surface area contributed by atoms with Crippen LogP contribution in [0.25, 0.3) is 0 Å². The number of rotatable bonds is 5. The Labute approximate surface area is 94.3 Å². The molecule has 1 rings (SSSR count). The molecule has 0 aromatic heterocycles. The molecule has 0 fully saturated rings. The zero-order valence-corrected chi connectivity index (χ0v) is 10.2. The van der Waals surface area contributed by atoms with E-state index in [1.165, 1.54) is 12.8 Å². The van der Waals surface area contributed by atoms with Crippen LogP contribution >= 0.6 is 15.9 Å². The molecule has 0 aliphatic heterocycles. The molecule has 1 nitrogen and oxygen atoms in total. The SMILES string of the molecule is Cc1cccc(CCCCCBr)c1O. The van der Waals surface area contributed by atoms with E-state index in [1.807, 2.05) is 25.1 Å². The number of hydrogen-bond donors (Lipinski definition) is 1. The number of hydrogen-bond acceptors (Lipinski definition) is 1. The minimum absolute atomic E-state index is 0.478. The number of phenols is 1. The first kappa shape index (κ1) is 11.6. The average Bonchev–Trinajstić information content (AvgIpc) is 2.19. The molecule has 2 heteroatoms. The van der Waals surface area contributed by atoms with E-state index >= 15 is 0 Å². The fourth-order valence-corrected chi connectivity index (χ4v) is 1.90. The summed E-state index contributed by atoms with van der Waals surface area (Å²) in [5.74, 6) is 0.478. The third-order valence-corrected chi connectivity index (χ3v) is 2.96. The molecule has 0 atom stereocenters. The van der Waals surface area contributed by atoms with Crippen LogP contribution in [0.3, 0.4) is 0 Å². The highest BCUT2D eigenvalue weighted by atomic mass is 79.9. The number of benzene rings is 1. The monoisotopic (exact) mass is 256 g/mol. The van der Waals surface area contributed by atoms with Gasteiger partial charge in [-0.1, -0.05) is 40.5 Å². The van der Waals surface area contributed by atoms with Gasteiger partial charge in [0.1, 0.15) is 5.75 Å². The molecule has 14 heavy (non-hydrogen) atoms. The van der Waals surface area contributed by atoms with E-state index in [2.05, 4.69) is 15.9 Å². The van der Waals surface area contributed by atoms with Crippen molar-refractivity contribution in [2.75, 3.05) is 5.33 Å². The summed E-state index contributed by atoms with van der Waals surface area (Å²) in [6, 6.07) is 5.96. The van der Waals surface area contributed by atoms with Crippen LogP contribution in [0.15, 0.2) is 18.2 Å². The van der Waals surface area contributed by atoms with Crippen molar-refractivity contribution >= 4 is 15.9 Å². The van der Waals surface area contributed by atoms with E-state index in [4.69, 9.17) is 0 Å². The van der Waals surface area contributed by atoms with Gasteiger partial charge in [-0.3, -0.25) is 0 Å². The fraction of sp³-hybridized carbons (Fsp3) is 0.500. The number of unbranched alkanes of at least 4 members (excludes halogenated alkanes) is 2. The molecule has 1 N–H and O–H groups in total. The Hall–Kier alpha value is -0.500. The third-order valence-electron chi connectivity index (χ3n) is 2.40. The van der Waals surface area contributed by atoms with Crippen LogP contribution in [0.4, 0.5) is 0 Å². The van der Waals surface area contributed by atoms with Crippen molar-refractivity contribution in [3.8, 4) is 5.75 Å². The Morgan fingerprint density at radius 2 is 2.00 bits per heavy atom. The molecule has 0 unspecified atom stereocenters. The largest absolute Gasteiger partial charge is 0.507 e. The van der Waals surface area contributed by atoms with Crippen LogP contribution < -0.4 is 0 Å². The summed E-state index contributed by atoms with van der Waals surface area (Å²) in [5.41, 5.74) is 2.06. The molecule has 0 radical (unpaired) electrons. The molecule has 78 valence electrons. The number of para-hydroxylation sites is 1. The Kier molecular flexibility index (Phi) is 5.02. The molecule has 0 saturated carbocycles. The number of aromatic hydroxyl groups is 1. The van der Waals surface area contributed by atoms with Gasteiger partial charge < -0.3 is 5.11 Å². The van der Waals surface area contributed by atoms with Gasteiger partial charge in [0.2, 0.25) is 0 Å². The van der Waals surface area contributed by atoms with Crippen LogP contribution in [-0.2, 0) is 6.42 Å². The van der Waals surface area contributed by atoms with Gasteiger partial charge in [0.15, 0.2) is 0 Å². The molecule has 0 saturated heterocycles. The highest BCUT2D eigenvalue weighted by Crippen LogP contribution is 2.23. The fourth-order valence-electron chi connectivity index (χ4n) is 1.51. The number of halogens is 1. The summed E-state index contributed by atoms with van der Waals surface area (Å²) in [6.45, 7) is 1.94. The van der Waals surface area contributed by atoms with Gasteiger partial charge in [-0.2, -0.15) is 0 Å². The Bertz CT molecular complexity index is 284. The zero-order valence-electron chi connectivity index (χ0n) is 8.59. The predicted octanol–water partition coefficient (Wildman–Crippen LogP) is 3.81. The second kappa shape index (κ2) is 6.07. The Balaban J connectivity index is 2.46. The van der Waals surface area contributed by atoms with Crippen molar-refractivity contribution in [1.29, 1.82) is 0 Å². The second-order valence-electron chi connectivity index (χ2n) is 3.58. The normalized spacial score (nSPS) is 10.4. The molecule has 0 heterocycles. The van der Waals surface area contributed by atoms with Crippen molar-refractivity contribution < 1.29 is 5.11 Å². The summed E-state index contributed by atoms with van der Waals surface area (Å²) in [6.07, 6.45) is 4.58. The molecular formula is C12H17BrO. The van der Waals surface area contributed by atoms with E-state index in [9.17, 15) is 5.11 Å². The van der Waals surface area contributed by atoms with Crippen LogP contribution in [0.1, 0.15) is 30.4 Å². The van der Waals surface area contributed by atoms with Crippen molar-refractivity contribution in [3.63, 3.8) is 0 Å². The van der Waals surface area contributed by atoms with Gasteiger partial charge in [0.05, 0.1) is 0 Å². The predicted molar refractivity (Wildman–Crippen MR) is 64.2 cm³/mol. The minimum atomic E-state index is 0.478. The number of alkyl halides is 1. The quantitative estimate of drug-likeness (QED) is 0.628. The first-order valence-corrected chi connectivity index (χ1v) is 6.21. The molecule has 0 aliphatic carbocycles. The standard InChI is InChI=1S/C12H17BrO/c1-10-6-5-8-11(12(10)14)7-3-2-4-9-13/h5-6,8,14H,2-4,7,9H2,1H3. The van der Waals surface area contributed by atoms with Crippen molar-refractivity contribution in [1.82, 2.24) is 0 Å². The molecule has 1 aromatic rings. The van der Waals surface area contributed by atoms with Crippen molar-refractivity contribution in [2.24, 2.45) is 0 Å². The summed E-state index contributed by atoms with van der Waals surface area (Å²) in [4.78, 5) is 0.